The van der Waals surface area contributed by atoms with Gasteiger partial charge < -0.3 is 9.84 Å². The predicted molar refractivity (Wildman–Crippen MR) is 120 cm³/mol. The van der Waals surface area contributed by atoms with Crippen LogP contribution in [-0.4, -0.2) is 24.5 Å². The lowest BCUT2D eigenvalue weighted by Gasteiger charge is -2.10. The van der Waals surface area contributed by atoms with Crippen molar-refractivity contribution in [3.05, 3.63) is 90.6 Å². The molecule has 1 aromatic heterocycles. The normalized spacial score (nSPS) is 11.2. The molecule has 10 heteroatoms. The molecule has 33 heavy (non-hydrogen) atoms. The van der Waals surface area contributed by atoms with Crippen LogP contribution in [0.3, 0.4) is 0 Å². The van der Waals surface area contributed by atoms with Gasteiger partial charge in [0.15, 0.2) is 0 Å². The number of carbonyl (C=O) groups is 1. The minimum atomic E-state index is -4.05. The van der Waals surface area contributed by atoms with Crippen molar-refractivity contribution in [3.63, 3.8) is 0 Å². The topological polar surface area (TPSA) is 114 Å². The van der Waals surface area contributed by atoms with E-state index in [2.05, 4.69) is 20.2 Å². The summed E-state index contributed by atoms with van der Waals surface area (Å²) in [6, 6.07) is 20.4. The molecule has 0 atom stereocenters. The molecule has 3 aromatic carbocycles. The number of nitrogens with zero attached hydrogens (tertiary/aromatic N) is 2. The number of carbonyl (C=O) groups excluding carboxylic acids is 1. The molecule has 0 aliphatic rings. The Bertz CT molecular complexity index is 1370. The second-order valence-electron chi connectivity index (χ2n) is 7.04. The lowest BCUT2D eigenvalue weighted by Crippen LogP contribution is -2.16. The highest BCUT2D eigenvalue weighted by molar-refractivity contribution is 7.92. The highest BCUT2D eigenvalue weighted by atomic mass is 32.2. The van der Waals surface area contributed by atoms with Crippen molar-refractivity contribution in [2.45, 2.75) is 17.7 Å². The molecular weight excluding hydrogens is 447 g/mol. The first-order chi connectivity index (χ1) is 15.9. The van der Waals surface area contributed by atoms with Gasteiger partial charge in [-0.15, -0.1) is 0 Å². The Kier molecular flexibility index (Phi) is 6.45. The third kappa shape index (κ3) is 5.60. The maximum atomic E-state index is 13.8. The van der Waals surface area contributed by atoms with Crippen molar-refractivity contribution in [1.82, 2.24) is 10.1 Å². The third-order valence-electron chi connectivity index (χ3n) is 4.61. The number of halogens is 1. The van der Waals surface area contributed by atoms with Gasteiger partial charge in [0.25, 0.3) is 10.0 Å². The van der Waals surface area contributed by atoms with Gasteiger partial charge in [-0.25, -0.2) is 12.8 Å². The van der Waals surface area contributed by atoms with Crippen LogP contribution in [0.5, 0.6) is 0 Å². The Labute approximate surface area is 189 Å². The summed E-state index contributed by atoms with van der Waals surface area (Å²) in [5, 5.41) is 6.55. The van der Waals surface area contributed by atoms with E-state index in [0.717, 1.165) is 11.6 Å². The summed E-state index contributed by atoms with van der Waals surface area (Å²) >= 11 is 0. The van der Waals surface area contributed by atoms with Crippen molar-refractivity contribution in [2.75, 3.05) is 10.0 Å². The highest BCUT2D eigenvalue weighted by Crippen LogP contribution is 2.21. The Morgan fingerprint density at radius 2 is 1.73 bits per heavy atom. The molecule has 1 amide bonds. The van der Waals surface area contributed by atoms with E-state index < -0.39 is 15.8 Å². The van der Waals surface area contributed by atoms with E-state index in [4.69, 9.17) is 4.52 Å². The smallest absolute Gasteiger partial charge is 0.262 e. The molecular formula is C23H19FN4O4S. The number of amides is 1. The molecule has 0 aliphatic heterocycles. The largest absolute Gasteiger partial charge is 0.339 e. The minimum Gasteiger partial charge on any atom is -0.339 e. The molecule has 4 aromatic rings. The molecule has 0 radical (unpaired) electrons. The minimum absolute atomic E-state index is 0.0564. The van der Waals surface area contributed by atoms with Gasteiger partial charge in [0.2, 0.25) is 17.6 Å². The number of sulfonamides is 1. The molecule has 0 saturated carbocycles. The molecule has 0 aliphatic carbocycles. The number of rotatable bonds is 8. The van der Waals surface area contributed by atoms with Crippen molar-refractivity contribution in [1.29, 1.82) is 0 Å². The van der Waals surface area contributed by atoms with E-state index in [1.54, 1.807) is 6.07 Å². The van der Waals surface area contributed by atoms with Crippen LogP contribution < -0.4 is 10.0 Å². The molecule has 168 valence electrons. The van der Waals surface area contributed by atoms with Crippen molar-refractivity contribution in [2.24, 2.45) is 0 Å². The van der Waals surface area contributed by atoms with Gasteiger partial charge >= 0.3 is 0 Å². The summed E-state index contributed by atoms with van der Waals surface area (Å²) in [6.45, 7) is 0. The molecule has 0 spiro atoms. The quantitative estimate of drug-likeness (QED) is 0.401. The molecule has 1 heterocycles. The molecule has 0 fully saturated rings. The number of para-hydroxylation sites is 1. The van der Waals surface area contributed by atoms with Crippen LogP contribution >= 0.6 is 0 Å². The lowest BCUT2D eigenvalue weighted by atomic mass is 10.2. The second kappa shape index (κ2) is 9.61. The summed E-state index contributed by atoms with van der Waals surface area (Å²) < 4.78 is 46.4. The van der Waals surface area contributed by atoms with Gasteiger partial charge in [-0.05, 0) is 30.3 Å². The summed E-state index contributed by atoms with van der Waals surface area (Å²) in [7, 11) is -4.05. The second-order valence-corrected chi connectivity index (χ2v) is 8.72. The fourth-order valence-electron chi connectivity index (χ4n) is 2.99. The zero-order valence-electron chi connectivity index (χ0n) is 17.2. The Morgan fingerprint density at radius 3 is 2.52 bits per heavy atom. The molecule has 2 N–H and O–H groups in total. The van der Waals surface area contributed by atoms with Gasteiger partial charge in [-0.3, -0.25) is 9.52 Å². The summed E-state index contributed by atoms with van der Waals surface area (Å²) in [6.07, 6.45) is 0.277. The summed E-state index contributed by atoms with van der Waals surface area (Å²) in [5.74, 6) is -0.297. The van der Waals surface area contributed by atoms with E-state index in [1.807, 2.05) is 30.3 Å². The van der Waals surface area contributed by atoms with Gasteiger partial charge in [-0.1, -0.05) is 53.7 Å². The molecule has 0 saturated heterocycles. The lowest BCUT2D eigenvalue weighted by molar-refractivity contribution is -0.116. The monoisotopic (exact) mass is 466 g/mol. The molecule has 0 bridgehead atoms. The number of nitrogens with one attached hydrogen (secondary N) is 2. The van der Waals surface area contributed by atoms with Crippen LogP contribution in [0.4, 0.5) is 15.8 Å². The first-order valence-electron chi connectivity index (χ1n) is 9.96. The van der Waals surface area contributed by atoms with Crippen LogP contribution in [0.15, 0.2) is 88.3 Å². The van der Waals surface area contributed by atoms with Gasteiger partial charge in [0.1, 0.15) is 5.82 Å². The van der Waals surface area contributed by atoms with Crippen LogP contribution in [0, 0.1) is 5.82 Å². The average molecular weight is 466 g/mol. The molecule has 4 rings (SSSR count). The van der Waals surface area contributed by atoms with Crippen LogP contribution in [-0.2, 0) is 21.2 Å². The predicted octanol–water partition coefficient (Wildman–Crippen LogP) is 4.25. The van der Waals surface area contributed by atoms with E-state index in [9.17, 15) is 17.6 Å². The maximum Gasteiger partial charge on any atom is 0.262 e. The Balaban J connectivity index is 1.38. The third-order valence-corrected chi connectivity index (χ3v) is 5.98. The molecule has 0 unspecified atom stereocenters. The van der Waals surface area contributed by atoms with Crippen LogP contribution in [0.1, 0.15) is 12.3 Å². The Morgan fingerprint density at radius 1 is 0.970 bits per heavy atom. The number of benzene rings is 3. The fourth-order valence-corrected chi connectivity index (χ4v) is 4.11. The van der Waals surface area contributed by atoms with Crippen LogP contribution in [0.25, 0.3) is 11.4 Å². The zero-order chi connectivity index (χ0) is 23.3. The SMILES string of the molecule is O=C(CCc1nc(-c2ccccc2)no1)Nc1cccc(S(=O)(=O)Nc2ccccc2F)c1. The van der Waals surface area contributed by atoms with E-state index in [0.29, 0.717) is 11.7 Å². The number of hydrogen-bond acceptors (Lipinski definition) is 6. The van der Waals surface area contributed by atoms with Gasteiger partial charge in [0.05, 0.1) is 10.6 Å². The molecule has 8 nitrogen and oxygen atoms in total. The number of aromatic nitrogens is 2. The zero-order valence-corrected chi connectivity index (χ0v) is 18.0. The Hall–Kier alpha value is -4.05. The standard InChI is InChI=1S/C23H19FN4O4S/c24-19-11-4-5-12-20(19)28-33(30,31)18-10-6-9-17(15-18)25-21(29)13-14-22-26-23(27-32-22)16-7-2-1-3-8-16/h1-12,15,28H,13-14H2,(H,25,29). The highest BCUT2D eigenvalue weighted by Gasteiger charge is 2.17. The summed E-state index contributed by atoms with van der Waals surface area (Å²) in [4.78, 5) is 16.5. The average Bonchev–Trinajstić information content (AvgIpc) is 3.29. The number of hydrogen-bond donors (Lipinski definition) is 2. The number of anilines is 2. The summed E-state index contributed by atoms with van der Waals surface area (Å²) in [5.41, 5.74) is 0.923. The fraction of sp³-hybridized carbons (Fsp3) is 0.0870. The van der Waals surface area contributed by atoms with Gasteiger partial charge in [0, 0.05) is 24.1 Å². The van der Waals surface area contributed by atoms with E-state index >= 15 is 0 Å². The maximum absolute atomic E-state index is 13.8. The van der Waals surface area contributed by atoms with Crippen molar-refractivity contribution >= 4 is 27.3 Å². The van der Waals surface area contributed by atoms with E-state index in [1.165, 1.54) is 36.4 Å². The van der Waals surface area contributed by atoms with Crippen LogP contribution in [0.2, 0.25) is 0 Å². The van der Waals surface area contributed by atoms with Crippen molar-refractivity contribution in [3.8, 4) is 11.4 Å². The first-order valence-corrected chi connectivity index (χ1v) is 11.4. The number of aryl methyl sites for hydroxylation is 1. The van der Waals surface area contributed by atoms with E-state index in [-0.39, 0.29) is 35.0 Å². The van der Waals surface area contributed by atoms with Crippen molar-refractivity contribution < 1.29 is 22.1 Å². The van der Waals surface area contributed by atoms with Gasteiger partial charge in [-0.2, -0.15) is 4.98 Å². The first kappa shape index (κ1) is 22.2.